The lowest BCUT2D eigenvalue weighted by Crippen LogP contribution is -1.97. The maximum absolute atomic E-state index is 10.4. The Kier molecular flexibility index (Phi) is 6.06. The van der Waals surface area contributed by atoms with Crippen LogP contribution in [0.3, 0.4) is 0 Å². The summed E-state index contributed by atoms with van der Waals surface area (Å²) in [6.45, 7) is 0. The van der Waals surface area contributed by atoms with Gasteiger partial charge in [-0.05, 0) is 28.1 Å². The van der Waals surface area contributed by atoms with Gasteiger partial charge in [0.05, 0.1) is 31.4 Å². The Bertz CT molecular complexity index is 757. The number of non-ortho nitro benzene ring substituents is 1. The summed E-state index contributed by atoms with van der Waals surface area (Å²) in [6.07, 6.45) is 1.65. The average molecular weight is 402 g/mol. The highest BCUT2D eigenvalue weighted by Gasteiger charge is 2.30. The van der Waals surface area contributed by atoms with Crippen LogP contribution in [0.25, 0.3) is 0 Å². The minimum atomic E-state index is -1.21. The van der Waals surface area contributed by atoms with E-state index in [1.807, 2.05) is 12.1 Å². The first-order valence-corrected chi connectivity index (χ1v) is 6.60. The van der Waals surface area contributed by atoms with E-state index in [-0.39, 0.29) is 0 Å². The van der Waals surface area contributed by atoms with E-state index in [2.05, 4.69) is 20.9 Å². The Hall–Kier alpha value is -3.35. The maximum Gasteiger partial charge on any atom is 0.324 e. The molecule has 0 saturated carbocycles. The van der Waals surface area contributed by atoms with Gasteiger partial charge < -0.3 is 10.8 Å². The lowest BCUT2D eigenvalue weighted by molar-refractivity contribution is -0.404. The number of benzene rings is 1. The van der Waals surface area contributed by atoms with Gasteiger partial charge in [-0.3, -0.25) is 30.3 Å². The van der Waals surface area contributed by atoms with E-state index < -0.39 is 37.6 Å². The first-order chi connectivity index (χ1) is 11.1. The van der Waals surface area contributed by atoms with Crippen LogP contribution in [0.2, 0.25) is 0 Å². The van der Waals surface area contributed by atoms with Crippen molar-refractivity contribution < 1.29 is 19.9 Å². The molecular formula is C11H8BrN5O7. The van der Waals surface area contributed by atoms with Crippen LogP contribution in [0.15, 0.2) is 34.9 Å². The summed E-state index contributed by atoms with van der Waals surface area (Å²) in [7, 11) is 0. The van der Waals surface area contributed by atoms with Crippen LogP contribution >= 0.6 is 15.9 Å². The summed E-state index contributed by atoms with van der Waals surface area (Å²) in [4.78, 5) is 31.6. The van der Waals surface area contributed by atoms with Gasteiger partial charge in [0.25, 0.3) is 11.4 Å². The number of phenolic OH excluding ortho intramolecular Hbond substituents is 1. The van der Waals surface area contributed by atoms with Crippen molar-refractivity contribution in [2.45, 2.75) is 0 Å². The number of hydrogen-bond acceptors (Lipinski definition) is 9. The number of anilines is 1. The molecule has 1 aromatic carbocycles. The Labute approximate surface area is 141 Å². The van der Waals surface area contributed by atoms with Crippen molar-refractivity contribution in [2.75, 3.05) is 5.73 Å². The van der Waals surface area contributed by atoms with E-state index in [1.165, 1.54) is 0 Å². The summed E-state index contributed by atoms with van der Waals surface area (Å²) >= 11 is 3.21. The molecule has 1 aromatic heterocycles. The fourth-order valence-electron chi connectivity index (χ4n) is 1.37. The quantitative estimate of drug-likeness (QED) is 0.574. The van der Waals surface area contributed by atoms with E-state index in [0.717, 1.165) is 4.47 Å². The van der Waals surface area contributed by atoms with Gasteiger partial charge in [-0.25, -0.2) is 4.98 Å². The van der Waals surface area contributed by atoms with Crippen molar-refractivity contribution in [2.24, 2.45) is 0 Å². The van der Waals surface area contributed by atoms with Crippen molar-refractivity contribution >= 4 is 38.8 Å². The number of nitrogen functional groups attached to an aromatic ring is 1. The minimum absolute atomic E-state index is 0.447. The largest absolute Gasteiger partial charge is 0.497 e. The van der Waals surface area contributed by atoms with Crippen LogP contribution in [0.4, 0.5) is 22.9 Å². The molecule has 0 aliphatic heterocycles. The molecule has 0 saturated heterocycles. The standard InChI is InChI=1S/C6H3N3O7.C5H5BrN2/c10-6-4(8(13)14)1-3(7(11)12)2-5(6)9(15)16;6-4-2-1-3-8-5(4)7/h1-2,10H;1-3H,(H2,7,8). The molecule has 0 unspecified atom stereocenters. The molecule has 2 aromatic rings. The number of aromatic nitrogens is 1. The zero-order valence-electron chi connectivity index (χ0n) is 11.5. The second kappa shape index (κ2) is 7.77. The Morgan fingerprint density at radius 3 is 1.83 bits per heavy atom. The molecule has 24 heavy (non-hydrogen) atoms. The van der Waals surface area contributed by atoms with E-state index in [1.54, 1.807) is 6.20 Å². The number of nitro benzene ring substituents is 3. The molecule has 3 N–H and O–H groups in total. The van der Waals surface area contributed by atoms with Crippen LogP contribution in [0.5, 0.6) is 5.75 Å². The van der Waals surface area contributed by atoms with Crippen LogP contribution in [0, 0.1) is 30.3 Å². The van der Waals surface area contributed by atoms with E-state index >= 15 is 0 Å². The van der Waals surface area contributed by atoms with Crippen LogP contribution in [-0.4, -0.2) is 24.9 Å². The monoisotopic (exact) mass is 401 g/mol. The van der Waals surface area contributed by atoms with Gasteiger partial charge in [-0.2, -0.15) is 0 Å². The number of pyridine rings is 1. The third-order valence-electron chi connectivity index (χ3n) is 2.45. The van der Waals surface area contributed by atoms with E-state index in [4.69, 9.17) is 10.8 Å². The van der Waals surface area contributed by atoms with Crippen LogP contribution in [-0.2, 0) is 0 Å². The van der Waals surface area contributed by atoms with Gasteiger partial charge in [0, 0.05) is 6.20 Å². The molecule has 0 amide bonds. The van der Waals surface area contributed by atoms with Gasteiger partial charge in [0.1, 0.15) is 5.82 Å². The topological polar surface area (TPSA) is 189 Å². The lowest BCUT2D eigenvalue weighted by Gasteiger charge is -1.97. The number of nitrogens with zero attached hydrogens (tertiary/aromatic N) is 4. The number of nitro groups is 3. The SMILES string of the molecule is Nc1ncccc1Br.O=[N+]([O-])c1cc([N+](=O)[O-])c(O)c([N+](=O)[O-])c1. The predicted octanol–water partition coefficient (Wildman–Crippen LogP) is 2.54. The van der Waals surface area contributed by atoms with E-state index in [9.17, 15) is 30.3 Å². The molecule has 0 aliphatic carbocycles. The number of halogens is 1. The van der Waals surface area contributed by atoms with Crippen LogP contribution in [0.1, 0.15) is 0 Å². The van der Waals surface area contributed by atoms with Gasteiger partial charge >= 0.3 is 11.4 Å². The normalized spacial score (nSPS) is 9.54. The molecule has 0 bridgehead atoms. The fraction of sp³-hybridized carbons (Fsp3) is 0. The highest BCUT2D eigenvalue weighted by Crippen LogP contribution is 2.38. The first kappa shape index (κ1) is 18.7. The number of hydrogen-bond donors (Lipinski definition) is 2. The fourth-order valence-corrected chi connectivity index (χ4v) is 1.63. The van der Waals surface area contributed by atoms with Crippen molar-refractivity contribution in [3.8, 4) is 5.75 Å². The summed E-state index contributed by atoms with van der Waals surface area (Å²) in [6, 6.07) is 4.56. The Morgan fingerprint density at radius 2 is 1.54 bits per heavy atom. The highest BCUT2D eigenvalue weighted by atomic mass is 79.9. The van der Waals surface area contributed by atoms with Gasteiger partial charge in [-0.15, -0.1) is 0 Å². The van der Waals surface area contributed by atoms with Gasteiger partial charge in [0.2, 0.25) is 0 Å². The minimum Gasteiger partial charge on any atom is -0.497 e. The van der Waals surface area contributed by atoms with Crippen molar-refractivity contribution in [1.29, 1.82) is 0 Å². The van der Waals surface area contributed by atoms with Gasteiger partial charge in [-0.1, -0.05) is 0 Å². The summed E-state index contributed by atoms with van der Waals surface area (Å²) in [5, 5.41) is 40.2. The zero-order chi connectivity index (χ0) is 18.4. The third kappa shape index (κ3) is 4.57. The molecule has 1 heterocycles. The number of aromatic hydroxyl groups is 1. The summed E-state index contributed by atoms with van der Waals surface area (Å²) < 4.78 is 0.847. The second-order valence-electron chi connectivity index (χ2n) is 3.97. The zero-order valence-corrected chi connectivity index (χ0v) is 13.1. The summed E-state index contributed by atoms with van der Waals surface area (Å²) in [5.41, 5.74) is 2.36. The predicted molar refractivity (Wildman–Crippen MR) is 84.4 cm³/mol. The molecule has 13 heteroatoms. The molecule has 0 radical (unpaired) electrons. The van der Waals surface area contributed by atoms with Crippen molar-refractivity contribution in [3.05, 3.63) is 65.3 Å². The maximum atomic E-state index is 10.4. The molecular weight excluding hydrogens is 394 g/mol. The molecule has 0 spiro atoms. The first-order valence-electron chi connectivity index (χ1n) is 5.81. The number of rotatable bonds is 3. The molecule has 0 fully saturated rings. The highest BCUT2D eigenvalue weighted by molar-refractivity contribution is 9.10. The van der Waals surface area contributed by atoms with Crippen molar-refractivity contribution in [3.63, 3.8) is 0 Å². The molecule has 0 aliphatic rings. The van der Waals surface area contributed by atoms with Gasteiger partial charge in [0.15, 0.2) is 0 Å². The molecule has 2 rings (SSSR count). The van der Waals surface area contributed by atoms with Crippen LogP contribution < -0.4 is 5.73 Å². The second-order valence-corrected chi connectivity index (χ2v) is 4.83. The number of phenols is 1. The summed E-state index contributed by atoms with van der Waals surface area (Å²) in [5.74, 6) is -0.673. The molecule has 12 nitrogen and oxygen atoms in total. The Morgan fingerprint density at radius 1 is 1.04 bits per heavy atom. The van der Waals surface area contributed by atoms with Crippen molar-refractivity contribution in [1.82, 2.24) is 4.98 Å². The lowest BCUT2D eigenvalue weighted by atomic mass is 10.2. The average Bonchev–Trinajstić information content (AvgIpc) is 2.50. The molecule has 0 atom stereocenters. The Balaban J connectivity index is 0.000000300. The number of nitrogens with two attached hydrogens (primary N) is 1. The smallest absolute Gasteiger partial charge is 0.324 e. The third-order valence-corrected chi connectivity index (χ3v) is 3.12. The molecule has 126 valence electrons. The van der Waals surface area contributed by atoms with E-state index in [0.29, 0.717) is 18.0 Å².